The van der Waals surface area contributed by atoms with Gasteiger partial charge in [0.25, 0.3) is 5.91 Å². The molecule has 5 nitrogen and oxygen atoms in total. The van der Waals surface area contributed by atoms with Crippen LogP contribution in [0.4, 0.5) is 11.4 Å². The number of amides is 2. The number of fused-ring (bicyclic) bond motifs is 1. The van der Waals surface area contributed by atoms with E-state index < -0.39 is 5.60 Å². The van der Waals surface area contributed by atoms with E-state index in [9.17, 15) is 9.59 Å². The number of thiophene rings is 1. The first-order chi connectivity index (χ1) is 11.8. The summed E-state index contributed by atoms with van der Waals surface area (Å²) < 4.78 is 5.73. The summed E-state index contributed by atoms with van der Waals surface area (Å²) in [5.41, 5.74) is 0.368. The summed E-state index contributed by atoms with van der Waals surface area (Å²) in [5, 5.41) is 5.70. The minimum atomic E-state index is -0.922. The first kappa shape index (κ1) is 17.5. The van der Waals surface area contributed by atoms with E-state index in [1.165, 1.54) is 9.75 Å². The number of ether oxygens (including phenoxy) is 1. The lowest BCUT2D eigenvalue weighted by Crippen LogP contribution is -2.45. The average molecular weight is 358 g/mol. The molecule has 1 aliphatic heterocycles. The van der Waals surface area contributed by atoms with Gasteiger partial charge in [0.2, 0.25) is 5.91 Å². The molecule has 132 valence electrons. The Morgan fingerprint density at radius 2 is 2.08 bits per heavy atom. The highest BCUT2D eigenvalue weighted by molar-refractivity contribution is 7.11. The molecular weight excluding hydrogens is 336 g/mol. The van der Waals surface area contributed by atoms with Crippen molar-refractivity contribution in [3.8, 4) is 5.75 Å². The van der Waals surface area contributed by atoms with Gasteiger partial charge in [-0.05, 0) is 57.9 Å². The largest absolute Gasteiger partial charge is 0.476 e. The quantitative estimate of drug-likeness (QED) is 0.844. The van der Waals surface area contributed by atoms with Crippen molar-refractivity contribution >= 4 is 34.5 Å². The Balaban J connectivity index is 1.56. The van der Waals surface area contributed by atoms with Crippen LogP contribution in [0, 0.1) is 6.92 Å². The molecule has 2 aromatic rings. The predicted molar refractivity (Wildman–Crippen MR) is 100 cm³/mol. The van der Waals surface area contributed by atoms with Gasteiger partial charge in [-0.15, -0.1) is 11.3 Å². The monoisotopic (exact) mass is 358 g/mol. The summed E-state index contributed by atoms with van der Waals surface area (Å²) in [6.45, 7) is 5.51. The van der Waals surface area contributed by atoms with Crippen LogP contribution in [0.25, 0.3) is 0 Å². The third-order valence-electron chi connectivity index (χ3n) is 4.05. The van der Waals surface area contributed by atoms with Gasteiger partial charge in [0.1, 0.15) is 5.75 Å². The number of hydrogen-bond acceptors (Lipinski definition) is 4. The molecule has 0 bridgehead atoms. The molecule has 2 heterocycles. The number of rotatable bonds is 5. The molecule has 0 spiro atoms. The summed E-state index contributed by atoms with van der Waals surface area (Å²) in [7, 11) is 0. The summed E-state index contributed by atoms with van der Waals surface area (Å²) in [5.74, 6) is 0.365. The third-order valence-corrected chi connectivity index (χ3v) is 5.11. The van der Waals surface area contributed by atoms with Gasteiger partial charge in [-0.2, -0.15) is 0 Å². The second kappa shape index (κ2) is 6.88. The molecule has 0 radical (unpaired) electrons. The van der Waals surface area contributed by atoms with Crippen molar-refractivity contribution in [1.29, 1.82) is 0 Å². The van der Waals surface area contributed by atoms with Crippen LogP contribution < -0.4 is 15.4 Å². The normalized spacial score (nSPS) is 15.1. The lowest BCUT2D eigenvalue weighted by Gasteiger charge is -2.31. The number of aryl methyl sites for hydroxylation is 2. The molecule has 2 amide bonds. The molecule has 1 aliphatic rings. The molecule has 1 aromatic carbocycles. The van der Waals surface area contributed by atoms with E-state index in [-0.39, 0.29) is 11.8 Å². The minimum absolute atomic E-state index is 0.0210. The summed E-state index contributed by atoms with van der Waals surface area (Å²) in [4.78, 5) is 26.6. The van der Waals surface area contributed by atoms with Gasteiger partial charge in [0.15, 0.2) is 5.60 Å². The van der Waals surface area contributed by atoms with Crippen LogP contribution in [-0.2, 0) is 16.0 Å². The lowest BCUT2D eigenvalue weighted by molar-refractivity contribution is -0.129. The van der Waals surface area contributed by atoms with Gasteiger partial charge in [-0.25, -0.2) is 0 Å². The summed E-state index contributed by atoms with van der Waals surface area (Å²) in [6, 6.07) is 9.48. The van der Waals surface area contributed by atoms with E-state index >= 15 is 0 Å². The van der Waals surface area contributed by atoms with Crippen molar-refractivity contribution in [2.45, 2.75) is 45.6 Å². The molecule has 0 saturated carbocycles. The molecule has 1 aromatic heterocycles. The van der Waals surface area contributed by atoms with Gasteiger partial charge in [0, 0.05) is 27.9 Å². The molecule has 3 rings (SSSR count). The van der Waals surface area contributed by atoms with E-state index in [1.807, 2.05) is 0 Å². The number of carbonyl (C=O) groups excluding carboxylic acids is 2. The summed E-state index contributed by atoms with van der Waals surface area (Å²) >= 11 is 1.78. The van der Waals surface area contributed by atoms with Crippen molar-refractivity contribution in [2.24, 2.45) is 0 Å². The molecule has 0 aliphatic carbocycles. The van der Waals surface area contributed by atoms with Crippen LogP contribution in [0.1, 0.15) is 36.4 Å². The zero-order chi connectivity index (χ0) is 18.0. The van der Waals surface area contributed by atoms with Crippen LogP contribution in [-0.4, -0.2) is 17.4 Å². The van der Waals surface area contributed by atoms with Crippen LogP contribution in [0.2, 0.25) is 0 Å². The van der Waals surface area contributed by atoms with Crippen LogP contribution in [0.3, 0.4) is 0 Å². The van der Waals surface area contributed by atoms with Crippen molar-refractivity contribution in [3.63, 3.8) is 0 Å². The molecular formula is C19H22N2O3S. The van der Waals surface area contributed by atoms with E-state index in [4.69, 9.17) is 4.74 Å². The van der Waals surface area contributed by atoms with E-state index in [0.717, 1.165) is 12.8 Å². The maximum absolute atomic E-state index is 12.1. The number of carbonyl (C=O) groups is 2. The molecule has 0 atom stereocenters. The first-order valence-electron chi connectivity index (χ1n) is 8.33. The van der Waals surface area contributed by atoms with Crippen LogP contribution in [0.5, 0.6) is 5.75 Å². The fourth-order valence-corrected chi connectivity index (χ4v) is 3.58. The molecule has 2 N–H and O–H groups in total. The highest BCUT2D eigenvalue weighted by Gasteiger charge is 2.35. The third kappa shape index (κ3) is 4.20. The standard InChI is InChI=1S/C19H22N2O3S/c1-12-7-9-14(25-12)5-4-6-17(22)20-13-8-10-15-16(11-13)24-19(2,3)18(23)21-15/h7-11H,4-6H2,1-3H3,(H,20,22)(H,21,23). The van der Waals surface area contributed by atoms with E-state index in [0.29, 0.717) is 23.5 Å². The highest BCUT2D eigenvalue weighted by Crippen LogP contribution is 2.35. The second-order valence-electron chi connectivity index (χ2n) is 6.69. The number of hydrogen-bond donors (Lipinski definition) is 2. The van der Waals surface area contributed by atoms with E-state index in [2.05, 4.69) is 29.7 Å². The van der Waals surface area contributed by atoms with Crippen molar-refractivity contribution in [1.82, 2.24) is 0 Å². The maximum atomic E-state index is 12.1. The smallest absolute Gasteiger partial charge is 0.268 e. The van der Waals surface area contributed by atoms with Crippen molar-refractivity contribution in [2.75, 3.05) is 10.6 Å². The van der Waals surface area contributed by atoms with Gasteiger partial charge in [-0.3, -0.25) is 9.59 Å². The number of anilines is 2. The molecule has 0 fully saturated rings. The predicted octanol–water partition coefficient (Wildman–Crippen LogP) is 4.13. The van der Waals surface area contributed by atoms with Crippen molar-refractivity contribution < 1.29 is 14.3 Å². The Bertz CT molecular complexity index is 811. The van der Waals surface area contributed by atoms with Crippen molar-refractivity contribution in [3.05, 3.63) is 40.1 Å². The number of nitrogens with one attached hydrogen (secondary N) is 2. The zero-order valence-electron chi connectivity index (χ0n) is 14.6. The lowest BCUT2D eigenvalue weighted by atomic mass is 10.1. The Labute approximate surface area is 151 Å². The van der Waals surface area contributed by atoms with Gasteiger partial charge in [-0.1, -0.05) is 0 Å². The Morgan fingerprint density at radius 3 is 2.80 bits per heavy atom. The highest BCUT2D eigenvalue weighted by atomic mass is 32.1. The Kier molecular flexibility index (Phi) is 4.81. The van der Waals surface area contributed by atoms with Crippen LogP contribution in [0.15, 0.2) is 30.3 Å². The molecule has 0 unspecified atom stereocenters. The number of benzene rings is 1. The summed E-state index contributed by atoms with van der Waals surface area (Å²) in [6.07, 6.45) is 2.20. The SMILES string of the molecule is Cc1ccc(CCCC(=O)Nc2ccc3c(c2)OC(C)(C)C(=O)N3)s1. The zero-order valence-corrected chi connectivity index (χ0v) is 15.5. The van der Waals surface area contributed by atoms with Gasteiger partial charge >= 0.3 is 0 Å². The first-order valence-corrected chi connectivity index (χ1v) is 9.15. The Morgan fingerprint density at radius 1 is 1.28 bits per heavy atom. The average Bonchev–Trinajstić information content (AvgIpc) is 2.94. The maximum Gasteiger partial charge on any atom is 0.268 e. The topological polar surface area (TPSA) is 67.4 Å². The minimum Gasteiger partial charge on any atom is -0.476 e. The Hall–Kier alpha value is -2.34. The van der Waals surface area contributed by atoms with Gasteiger partial charge in [0.05, 0.1) is 5.69 Å². The fraction of sp³-hybridized carbons (Fsp3) is 0.368. The van der Waals surface area contributed by atoms with Crippen LogP contribution >= 0.6 is 11.3 Å². The second-order valence-corrected chi connectivity index (χ2v) is 8.06. The van der Waals surface area contributed by atoms with E-state index in [1.54, 1.807) is 43.4 Å². The molecule has 6 heteroatoms. The molecule has 0 saturated heterocycles. The van der Waals surface area contributed by atoms with Gasteiger partial charge < -0.3 is 15.4 Å². The molecule has 25 heavy (non-hydrogen) atoms. The fourth-order valence-electron chi connectivity index (χ4n) is 2.65.